The third kappa shape index (κ3) is 6.65. The maximum absolute atomic E-state index is 10.9. The Bertz CT molecular complexity index is 141. The van der Waals surface area contributed by atoms with E-state index in [1.807, 2.05) is 0 Å². The minimum absolute atomic E-state index is 0.0101. The summed E-state index contributed by atoms with van der Waals surface area (Å²) in [4.78, 5) is 10.9. The van der Waals surface area contributed by atoms with Gasteiger partial charge in [-0.25, -0.2) is 0 Å². The van der Waals surface area contributed by atoms with Gasteiger partial charge in [-0.2, -0.15) is 0 Å². The maximum atomic E-state index is 10.9. The first kappa shape index (κ1) is 12.5. The lowest BCUT2D eigenvalue weighted by atomic mass is 10.3. The summed E-state index contributed by atoms with van der Waals surface area (Å²) < 4.78 is 10.1. The van der Waals surface area contributed by atoms with Crippen LogP contribution >= 0.6 is 0 Å². The first-order chi connectivity index (χ1) is 6.22. The van der Waals surface area contributed by atoms with Crippen molar-refractivity contribution in [2.75, 3.05) is 33.9 Å². The van der Waals surface area contributed by atoms with E-state index in [1.54, 1.807) is 7.05 Å². The third-order valence-electron chi connectivity index (χ3n) is 1.56. The quantitative estimate of drug-likeness (QED) is 0.393. The zero-order valence-electron chi connectivity index (χ0n) is 8.42. The number of carbonyl (C=O) groups is 1. The molecule has 0 fully saturated rings. The van der Waals surface area contributed by atoms with Gasteiger partial charge in [0, 0.05) is 13.7 Å². The van der Waals surface area contributed by atoms with Crippen LogP contribution in [0.5, 0.6) is 0 Å². The van der Waals surface area contributed by atoms with Crippen molar-refractivity contribution in [3.05, 3.63) is 0 Å². The van der Waals surface area contributed by atoms with Gasteiger partial charge in [0.2, 0.25) is 0 Å². The molecule has 0 aliphatic carbocycles. The van der Waals surface area contributed by atoms with Crippen LogP contribution in [0.4, 0.5) is 0 Å². The molecule has 0 aromatic heterocycles. The molecule has 0 radical (unpaired) electrons. The number of nitrogens with one attached hydrogen (secondary N) is 2. The molecule has 0 saturated carbocycles. The number of rotatable bonds is 8. The zero-order chi connectivity index (χ0) is 10.1. The second kappa shape index (κ2) is 8.12. The molecule has 5 heteroatoms. The highest BCUT2D eigenvalue weighted by molar-refractivity contribution is 5.80. The average molecular weight is 190 g/mol. The van der Waals surface area contributed by atoms with E-state index < -0.39 is 6.10 Å². The molecule has 1 atom stereocenters. The summed E-state index contributed by atoms with van der Waals surface area (Å²) >= 11 is 0. The predicted octanol–water partition coefficient (Wildman–Crippen LogP) is -0.669. The summed E-state index contributed by atoms with van der Waals surface area (Å²) in [5.74, 6) is -0.0101. The van der Waals surface area contributed by atoms with E-state index >= 15 is 0 Å². The topological polar surface area (TPSA) is 59.6 Å². The second-order valence-corrected chi connectivity index (χ2v) is 2.59. The maximum Gasteiger partial charge on any atom is 0.160 e. The standard InChI is InChI=1S/C8H18N2O3/c1-7(11)8(12-3)6-13-5-4-10-9-2/h8-10H,4-6H2,1-3H3. The van der Waals surface area contributed by atoms with Crippen LogP contribution in [0.25, 0.3) is 0 Å². The van der Waals surface area contributed by atoms with E-state index in [2.05, 4.69) is 10.9 Å². The average Bonchev–Trinajstić information content (AvgIpc) is 2.10. The highest BCUT2D eigenvalue weighted by atomic mass is 16.5. The minimum Gasteiger partial charge on any atom is -0.377 e. The fraction of sp³-hybridized carbons (Fsp3) is 0.875. The normalized spacial score (nSPS) is 12.8. The molecule has 0 aliphatic rings. The van der Waals surface area contributed by atoms with Crippen molar-refractivity contribution in [2.24, 2.45) is 0 Å². The van der Waals surface area contributed by atoms with Gasteiger partial charge in [0.1, 0.15) is 6.10 Å². The molecule has 0 rings (SSSR count). The first-order valence-corrected chi connectivity index (χ1v) is 4.23. The number of ether oxygens (including phenoxy) is 2. The van der Waals surface area contributed by atoms with Gasteiger partial charge in [0.05, 0.1) is 13.2 Å². The lowest BCUT2D eigenvalue weighted by Crippen LogP contribution is -2.32. The summed E-state index contributed by atoms with van der Waals surface area (Å²) in [5.41, 5.74) is 5.63. The molecule has 1 unspecified atom stereocenters. The summed E-state index contributed by atoms with van der Waals surface area (Å²) in [5, 5.41) is 0. The highest BCUT2D eigenvalue weighted by Crippen LogP contribution is 1.92. The molecule has 0 bridgehead atoms. The second-order valence-electron chi connectivity index (χ2n) is 2.59. The van der Waals surface area contributed by atoms with Gasteiger partial charge in [0.15, 0.2) is 5.78 Å². The highest BCUT2D eigenvalue weighted by Gasteiger charge is 2.11. The largest absolute Gasteiger partial charge is 0.377 e. The molecule has 0 aromatic rings. The van der Waals surface area contributed by atoms with E-state index in [0.717, 1.165) is 0 Å². The number of hydrogen-bond donors (Lipinski definition) is 2. The van der Waals surface area contributed by atoms with Crippen molar-refractivity contribution in [1.82, 2.24) is 10.9 Å². The van der Waals surface area contributed by atoms with Gasteiger partial charge < -0.3 is 9.47 Å². The minimum atomic E-state index is -0.436. The van der Waals surface area contributed by atoms with Gasteiger partial charge in [-0.15, -0.1) is 0 Å². The zero-order valence-corrected chi connectivity index (χ0v) is 8.42. The Kier molecular flexibility index (Phi) is 7.82. The van der Waals surface area contributed by atoms with Crippen molar-refractivity contribution < 1.29 is 14.3 Å². The van der Waals surface area contributed by atoms with Crippen LogP contribution in [0.15, 0.2) is 0 Å². The van der Waals surface area contributed by atoms with Gasteiger partial charge in [-0.05, 0) is 14.0 Å². The Hall–Kier alpha value is -0.490. The van der Waals surface area contributed by atoms with Crippen molar-refractivity contribution in [3.8, 4) is 0 Å². The Morgan fingerprint density at radius 3 is 2.69 bits per heavy atom. The van der Waals surface area contributed by atoms with Crippen molar-refractivity contribution in [2.45, 2.75) is 13.0 Å². The van der Waals surface area contributed by atoms with Gasteiger partial charge in [-0.1, -0.05) is 0 Å². The van der Waals surface area contributed by atoms with Gasteiger partial charge >= 0.3 is 0 Å². The number of carbonyl (C=O) groups excluding carboxylic acids is 1. The lowest BCUT2D eigenvalue weighted by molar-refractivity contribution is -0.130. The monoisotopic (exact) mass is 190 g/mol. The molecule has 78 valence electrons. The van der Waals surface area contributed by atoms with E-state index in [4.69, 9.17) is 9.47 Å². The van der Waals surface area contributed by atoms with E-state index in [9.17, 15) is 4.79 Å². The van der Waals surface area contributed by atoms with Crippen molar-refractivity contribution in [3.63, 3.8) is 0 Å². The third-order valence-corrected chi connectivity index (χ3v) is 1.56. The van der Waals surface area contributed by atoms with Gasteiger partial charge in [-0.3, -0.25) is 15.6 Å². The molecular weight excluding hydrogens is 172 g/mol. The Labute approximate surface area is 78.8 Å². The van der Waals surface area contributed by atoms with Crippen molar-refractivity contribution >= 4 is 5.78 Å². The number of Topliss-reactive ketones (excluding diaryl/α,β-unsaturated/α-hetero) is 1. The molecule has 0 saturated heterocycles. The fourth-order valence-electron chi connectivity index (χ4n) is 0.790. The summed E-state index contributed by atoms with van der Waals surface area (Å²) in [6, 6.07) is 0. The molecule has 5 nitrogen and oxygen atoms in total. The number of hydrogen-bond acceptors (Lipinski definition) is 5. The van der Waals surface area contributed by atoms with E-state index in [-0.39, 0.29) is 5.78 Å². The van der Waals surface area contributed by atoms with Crippen LogP contribution < -0.4 is 10.9 Å². The Morgan fingerprint density at radius 1 is 1.54 bits per heavy atom. The van der Waals surface area contributed by atoms with Gasteiger partial charge in [0.25, 0.3) is 0 Å². The van der Waals surface area contributed by atoms with E-state index in [1.165, 1.54) is 14.0 Å². The molecule has 0 heterocycles. The summed E-state index contributed by atoms with van der Waals surface area (Å²) in [6.07, 6.45) is -0.436. The van der Waals surface area contributed by atoms with Crippen LogP contribution in [0, 0.1) is 0 Å². The Morgan fingerprint density at radius 2 is 2.23 bits per heavy atom. The van der Waals surface area contributed by atoms with Crippen LogP contribution in [-0.4, -0.2) is 45.8 Å². The molecular formula is C8H18N2O3. The van der Waals surface area contributed by atoms with Crippen LogP contribution in [0.1, 0.15) is 6.92 Å². The molecule has 0 amide bonds. The van der Waals surface area contributed by atoms with Crippen molar-refractivity contribution in [1.29, 1.82) is 0 Å². The van der Waals surface area contributed by atoms with Crippen LogP contribution in [-0.2, 0) is 14.3 Å². The number of hydrazine groups is 1. The number of methoxy groups -OCH3 is 1. The molecule has 0 spiro atoms. The summed E-state index contributed by atoms with van der Waals surface area (Å²) in [6.45, 7) is 3.05. The lowest BCUT2D eigenvalue weighted by Gasteiger charge is -2.12. The smallest absolute Gasteiger partial charge is 0.160 e. The van der Waals surface area contributed by atoms with E-state index in [0.29, 0.717) is 19.8 Å². The van der Waals surface area contributed by atoms with Crippen LogP contribution in [0.3, 0.4) is 0 Å². The Balaban J connectivity index is 3.33. The molecule has 2 N–H and O–H groups in total. The SMILES string of the molecule is CNNCCOCC(OC)C(C)=O. The molecule has 0 aliphatic heterocycles. The number of ketones is 1. The first-order valence-electron chi connectivity index (χ1n) is 4.23. The molecule has 0 aromatic carbocycles. The fourth-order valence-corrected chi connectivity index (χ4v) is 0.790. The predicted molar refractivity (Wildman–Crippen MR) is 49.4 cm³/mol. The molecule has 13 heavy (non-hydrogen) atoms. The van der Waals surface area contributed by atoms with Crippen LogP contribution in [0.2, 0.25) is 0 Å². The summed E-state index contributed by atoms with van der Waals surface area (Å²) in [7, 11) is 3.29.